The molecule has 0 heterocycles. The molecule has 1 rings (SSSR count). The number of halogens is 1. The average molecular weight is 317 g/mol. The van der Waals surface area contributed by atoms with Gasteiger partial charge in [-0.1, -0.05) is 6.07 Å². The van der Waals surface area contributed by atoms with Crippen LogP contribution in [0.5, 0.6) is 5.75 Å². The molecule has 0 aliphatic rings. The van der Waals surface area contributed by atoms with Gasteiger partial charge in [0.1, 0.15) is 6.61 Å². The molecule has 6 heteroatoms. The summed E-state index contributed by atoms with van der Waals surface area (Å²) in [5.41, 5.74) is 6.45. The fourth-order valence-electron chi connectivity index (χ4n) is 1.73. The lowest BCUT2D eigenvalue weighted by atomic mass is 10.1. The van der Waals surface area contributed by atoms with E-state index in [1.807, 2.05) is 6.92 Å². The summed E-state index contributed by atoms with van der Waals surface area (Å²) in [4.78, 5) is 0. The molecule has 2 N–H and O–H groups in total. The Morgan fingerprint density at radius 3 is 2.43 bits per heavy atom. The molecule has 21 heavy (non-hydrogen) atoms. The van der Waals surface area contributed by atoms with Crippen molar-refractivity contribution in [3.63, 3.8) is 0 Å². The molecule has 0 aliphatic heterocycles. The van der Waals surface area contributed by atoms with E-state index in [2.05, 4.69) is 0 Å². The van der Waals surface area contributed by atoms with Gasteiger partial charge < -0.3 is 10.5 Å². The van der Waals surface area contributed by atoms with Crippen LogP contribution in [0.25, 0.3) is 0 Å². The van der Waals surface area contributed by atoms with Crippen LogP contribution in [0.15, 0.2) is 18.2 Å². The second-order valence-corrected chi connectivity index (χ2v) is 9.09. The summed E-state index contributed by atoms with van der Waals surface area (Å²) in [6.07, 6.45) is 0.579. The summed E-state index contributed by atoms with van der Waals surface area (Å²) in [7, 11) is -3.27. The quantitative estimate of drug-likeness (QED) is 0.874. The average Bonchev–Trinajstić information content (AvgIpc) is 2.29. The van der Waals surface area contributed by atoms with Crippen LogP contribution in [0.1, 0.15) is 33.3 Å². The standard InChI is InChI=1S/C15H24FNO3S/c1-11(17)9-12-5-6-14(13(16)10-12)20-7-8-21(18,19)15(2,3)4/h5-6,10-11H,7-9,17H2,1-4H3. The van der Waals surface area contributed by atoms with Crippen LogP contribution in [-0.4, -0.2) is 31.6 Å². The van der Waals surface area contributed by atoms with Crippen molar-refractivity contribution in [1.29, 1.82) is 0 Å². The van der Waals surface area contributed by atoms with Gasteiger partial charge in [-0.15, -0.1) is 0 Å². The van der Waals surface area contributed by atoms with Crippen molar-refractivity contribution in [2.75, 3.05) is 12.4 Å². The minimum absolute atomic E-state index is 0.0481. The van der Waals surface area contributed by atoms with Crippen LogP contribution >= 0.6 is 0 Å². The largest absolute Gasteiger partial charge is 0.489 e. The van der Waals surface area contributed by atoms with Crippen molar-refractivity contribution in [3.05, 3.63) is 29.6 Å². The maximum atomic E-state index is 13.8. The highest BCUT2D eigenvalue weighted by Gasteiger charge is 2.28. The summed E-state index contributed by atoms with van der Waals surface area (Å²) in [5, 5.41) is 0. The number of sulfone groups is 1. The van der Waals surface area contributed by atoms with Gasteiger partial charge in [0.25, 0.3) is 0 Å². The van der Waals surface area contributed by atoms with Crippen molar-refractivity contribution >= 4 is 9.84 Å². The first-order valence-electron chi connectivity index (χ1n) is 6.92. The summed E-state index contributed by atoms with van der Waals surface area (Å²) in [6, 6.07) is 4.57. The molecular weight excluding hydrogens is 293 g/mol. The highest BCUT2D eigenvalue weighted by molar-refractivity contribution is 7.92. The molecule has 1 unspecified atom stereocenters. The second-order valence-electron chi connectivity index (χ2n) is 6.23. The normalized spacial score (nSPS) is 14.0. The molecule has 0 fully saturated rings. The Balaban J connectivity index is 2.65. The number of hydrogen-bond acceptors (Lipinski definition) is 4. The number of nitrogens with two attached hydrogens (primary N) is 1. The molecule has 1 atom stereocenters. The van der Waals surface area contributed by atoms with Crippen LogP contribution in [-0.2, 0) is 16.3 Å². The molecule has 120 valence electrons. The fraction of sp³-hybridized carbons (Fsp3) is 0.600. The van der Waals surface area contributed by atoms with Crippen molar-refractivity contribution in [2.24, 2.45) is 5.73 Å². The second kappa shape index (κ2) is 6.75. The van der Waals surface area contributed by atoms with E-state index in [0.717, 1.165) is 5.56 Å². The van der Waals surface area contributed by atoms with Gasteiger partial charge in [0, 0.05) is 6.04 Å². The van der Waals surface area contributed by atoms with Crippen LogP contribution in [0.2, 0.25) is 0 Å². The van der Waals surface area contributed by atoms with E-state index in [1.165, 1.54) is 12.1 Å². The minimum Gasteiger partial charge on any atom is -0.489 e. The Hall–Kier alpha value is -1.14. The highest BCUT2D eigenvalue weighted by Crippen LogP contribution is 2.20. The van der Waals surface area contributed by atoms with E-state index in [-0.39, 0.29) is 24.2 Å². The zero-order valence-corrected chi connectivity index (χ0v) is 13.8. The Morgan fingerprint density at radius 2 is 1.95 bits per heavy atom. The monoisotopic (exact) mass is 317 g/mol. The van der Waals surface area contributed by atoms with Crippen LogP contribution in [0, 0.1) is 5.82 Å². The molecular formula is C15H24FNO3S. The maximum Gasteiger partial charge on any atom is 0.165 e. The third-order valence-corrected chi connectivity index (χ3v) is 5.67. The minimum atomic E-state index is -3.27. The molecule has 0 bridgehead atoms. The summed E-state index contributed by atoms with van der Waals surface area (Å²) < 4.78 is 42.1. The lowest BCUT2D eigenvalue weighted by Crippen LogP contribution is -2.32. The molecule has 0 saturated carbocycles. The maximum absolute atomic E-state index is 13.8. The Kier molecular flexibility index (Phi) is 5.75. The summed E-state index contributed by atoms with van der Waals surface area (Å²) in [6.45, 7) is 6.67. The highest BCUT2D eigenvalue weighted by atomic mass is 32.2. The molecule has 0 aromatic heterocycles. The fourth-order valence-corrected chi connectivity index (χ4v) is 2.64. The molecule has 4 nitrogen and oxygen atoms in total. The molecule has 1 aromatic rings. The summed E-state index contributed by atoms with van der Waals surface area (Å²) >= 11 is 0. The van der Waals surface area contributed by atoms with E-state index in [4.69, 9.17) is 10.5 Å². The SMILES string of the molecule is CC(N)Cc1ccc(OCCS(=O)(=O)C(C)(C)C)c(F)c1. The zero-order valence-electron chi connectivity index (χ0n) is 13.0. The van der Waals surface area contributed by atoms with Crippen molar-refractivity contribution < 1.29 is 17.5 Å². The third kappa shape index (κ3) is 5.28. The molecule has 1 aromatic carbocycles. The van der Waals surface area contributed by atoms with Crippen LogP contribution < -0.4 is 10.5 Å². The first-order chi connectivity index (χ1) is 9.53. The lowest BCUT2D eigenvalue weighted by molar-refractivity contribution is 0.321. The van der Waals surface area contributed by atoms with Crippen molar-refractivity contribution in [3.8, 4) is 5.75 Å². The molecule has 0 saturated heterocycles. The molecule has 0 aliphatic carbocycles. The van der Waals surface area contributed by atoms with E-state index in [0.29, 0.717) is 6.42 Å². The van der Waals surface area contributed by atoms with Gasteiger partial charge in [-0.2, -0.15) is 0 Å². The first kappa shape index (κ1) is 17.9. The smallest absolute Gasteiger partial charge is 0.165 e. The van der Waals surface area contributed by atoms with Crippen molar-refractivity contribution in [2.45, 2.75) is 44.9 Å². The molecule has 0 radical (unpaired) electrons. The van der Waals surface area contributed by atoms with E-state index in [9.17, 15) is 12.8 Å². The molecule has 0 amide bonds. The van der Waals surface area contributed by atoms with Gasteiger partial charge in [-0.05, 0) is 51.8 Å². The van der Waals surface area contributed by atoms with Gasteiger partial charge in [0.2, 0.25) is 0 Å². The third-order valence-electron chi connectivity index (χ3n) is 3.10. The van der Waals surface area contributed by atoms with E-state index in [1.54, 1.807) is 26.8 Å². The van der Waals surface area contributed by atoms with Crippen molar-refractivity contribution in [1.82, 2.24) is 0 Å². The predicted octanol–water partition coefficient (Wildman–Crippen LogP) is 2.31. The summed E-state index contributed by atoms with van der Waals surface area (Å²) in [5.74, 6) is -0.578. The topological polar surface area (TPSA) is 69.4 Å². The predicted molar refractivity (Wildman–Crippen MR) is 82.8 cm³/mol. The van der Waals surface area contributed by atoms with Gasteiger partial charge in [-0.25, -0.2) is 12.8 Å². The van der Waals surface area contributed by atoms with Gasteiger partial charge in [0.15, 0.2) is 21.4 Å². The van der Waals surface area contributed by atoms with Crippen LogP contribution in [0.3, 0.4) is 0 Å². The Morgan fingerprint density at radius 1 is 1.33 bits per heavy atom. The number of benzene rings is 1. The Bertz CT molecular complexity index is 577. The Labute approximate surface area is 126 Å². The van der Waals surface area contributed by atoms with Gasteiger partial charge in [0.05, 0.1) is 10.5 Å². The first-order valence-corrected chi connectivity index (χ1v) is 8.57. The number of rotatable bonds is 6. The lowest BCUT2D eigenvalue weighted by Gasteiger charge is -2.19. The van der Waals surface area contributed by atoms with E-state index >= 15 is 0 Å². The zero-order chi connectivity index (χ0) is 16.3. The van der Waals surface area contributed by atoms with Crippen LogP contribution in [0.4, 0.5) is 4.39 Å². The molecule has 0 spiro atoms. The van der Waals surface area contributed by atoms with Gasteiger partial charge in [-0.3, -0.25) is 0 Å². The van der Waals surface area contributed by atoms with E-state index < -0.39 is 20.4 Å². The number of hydrogen-bond donors (Lipinski definition) is 1. The van der Waals surface area contributed by atoms with Gasteiger partial charge >= 0.3 is 0 Å². The number of ether oxygens (including phenoxy) is 1.